The first kappa shape index (κ1) is 29.1. The zero-order chi connectivity index (χ0) is 27.0. The van der Waals surface area contributed by atoms with Crippen LogP contribution in [-0.4, -0.2) is 92.6 Å². The predicted molar refractivity (Wildman–Crippen MR) is 136 cm³/mol. The van der Waals surface area contributed by atoms with Gasteiger partial charge in [-0.1, -0.05) is 24.3 Å². The van der Waals surface area contributed by atoms with Crippen LogP contribution < -0.4 is 19.7 Å². The van der Waals surface area contributed by atoms with E-state index in [1.165, 1.54) is 0 Å². The van der Waals surface area contributed by atoms with Crippen LogP contribution in [0.5, 0.6) is 11.5 Å². The minimum atomic E-state index is -1.82. The van der Waals surface area contributed by atoms with E-state index in [0.717, 1.165) is 44.2 Å². The Morgan fingerprint density at radius 1 is 0.973 bits per heavy atom. The Labute approximate surface area is 214 Å². The van der Waals surface area contributed by atoms with Crippen LogP contribution in [0, 0.1) is 0 Å². The number of benzene rings is 2. The molecule has 1 saturated heterocycles. The van der Waals surface area contributed by atoms with Crippen molar-refractivity contribution >= 4 is 23.5 Å². The number of rotatable bonds is 10. The molecule has 3 rings (SSSR count). The Kier molecular flexibility index (Phi) is 12.4. The third-order valence-electron chi connectivity index (χ3n) is 5.35. The number of anilines is 1. The lowest BCUT2D eigenvalue weighted by Crippen LogP contribution is -2.46. The number of alkyl halides is 1. The number of para-hydroxylation sites is 2. The molecule has 0 unspecified atom stereocenters. The number of carbonyl (C=O) groups is 3. The van der Waals surface area contributed by atoms with E-state index < -0.39 is 18.6 Å². The fourth-order valence-electron chi connectivity index (χ4n) is 3.48. The molecule has 0 aromatic heterocycles. The van der Waals surface area contributed by atoms with Crippen LogP contribution in [0.15, 0.2) is 60.7 Å². The summed E-state index contributed by atoms with van der Waals surface area (Å²) in [4.78, 5) is 35.1. The van der Waals surface area contributed by atoms with E-state index in [1.807, 2.05) is 24.3 Å². The second kappa shape index (κ2) is 15.8. The number of amides is 1. The Balaban J connectivity index is 0.000000717. The Hall–Kier alpha value is -4.12. The number of carbonyl (C=O) groups excluding carboxylic acids is 1. The molecule has 0 aliphatic carbocycles. The molecule has 3 N–H and O–H groups in total. The van der Waals surface area contributed by atoms with Gasteiger partial charge in [0.2, 0.25) is 0 Å². The minimum absolute atomic E-state index is 0.0197. The number of methoxy groups -OCH3 is 1. The van der Waals surface area contributed by atoms with E-state index in [9.17, 15) is 9.18 Å². The van der Waals surface area contributed by atoms with Gasteiger partial charge in [0.1, 0.15) is 24.8 Å². The first-order chi connectivity index (χ1) is 17.8. The van der Waals surface area contributed by atoms with Gasteiger partial charge in [-0.15, -0.1) is 0 Å². The number of nitrogens with one attached hydrogen (secondary N) is 1. The zero-order valence-electron chi connectivity index (χ0n) is 20.6. The van der Waals surface area contributed by atoms with Gasteiger partial charge in [0.05, 0.1) is 12.8 Å². The number of aliphatic carboxylic acids is 2. The Bertz CT molecular complexity index is 1030. The van der Waals surface area contributed by atoms with Crippen LogP contribution in [-0.2, 0) is 9.59 Å². The van der Waals surface area contributed by atoms with Crippen LogP contribution >= 0.6 is 0 Å². The molecule has 37 heavy (non-hydrogen) atoms. The van der Waals surface area contributed by atoms with Crippen LogP contribution in [0.3, 0.4) is 0 Å². The predicted octanol–water partition coefficient (Wildman–Crippen LogP) is 2.31. The van der Waals surface area contributed by atoms with E-state index >= 15 is 0 Å². The fraction of sp³-hybridized carbons (Fsp3) is 0.346. The van der Waals surface area contributed by atoms with Crippen LogP contribution in [0.25, 0.3) is 0 Å². The van der Waals surface area contributed by atoms with Gasteiger partial charge >= 0.3 is 11.9 Å². The average molecular weight is 518 g/mol. The van der Waals surface area contributed by atoms with Gasteiger partial charge in [-0.2, -0.15) is 0 Å². The quantitative estimate of drug-likeness (QED) is 0.321. The van der Waals surface area contributed by atoms with Gasteiger partial charge in [-0.25, -0.2) is 14.0 Å². The van der Waals surface area contributed by atoms with Crippen molar-refractivity contribution < 1.29 is 38.5 Å². The first-order valence-electron chi connectivity index (χ1n) is 11.6. The standard InChI is InChI=1S/C24H30FN3O3.C2H2O4/c1-30-23-7-3-2-6-22(23)28-17-15-27(16-18-28)14-5-4-13-26-24(29)20-8-10-21(11-9-20)31-19-12-25;3-1(4)2(5)6/h2-11H,12-19H2,1H3,(H,26,29);(H,3,4)(H,5,6)/b5-4+;. The molecule has 0 spiro atoms. The minimum Gasteiger partial charge on any atom is -0.495 e. The van der Waals surface area contributed by atoms with E-state index in [-0.39, 0.29) is 12.5 Å². The van der Waals surface area contributed by atoms with Crippen LogP contribution in [0.1, 0.15) is 10.4 Å². The largest absolute Gasteiger partial charge is 0.495 e. The summed E-state index contributed by atoms with van der Waals surface area (Å²) in [6.07, 6.45) is 4.07. The average Bonchev–Trinajstić information content (AvgIpc) is 2.92. The summed E-state index contributed by atoms with van der Waals surface area (Å²) in [6, 6.07) is 14.8. The number of carboxylic acids is 2. The number of hydrogen-bond acceptors (Lipinski definition) is 7. The van der Waals surface area contributed by atoms with Crippen molar-refractivity contribution in [2.75, 3.05) is 64.6 Å². The number of nitrogens with zero attached hydrogens (tertiary/aromatic N) is 2. The molecule has 0 radical (unpaired) electrons. The second-order valence-electron chi connectivity index (χ2n) is 7.81. The zero-order valence-corrected chi connectivity index (χ0v) is 20.6. The summed E-state index contributed by atoms with van der Waals surface area (Å²) in [5, 5.41) is 17.7. The number of piperazine rings is 1. The second-order valence-corrected chi connectivity index (χ2v) is 7.81. The normalized spacial score (nSPS) is 13.4. The van der Waals surface area contributed by atoms with Crippen molar-refractivity contribution in [1.82, 2.24) is 10.2 Å². The molecule has 200 valence electrons. The van der Waals surface area contributed by atoms with Crippen molar-refractivity contribution in [2.24, 2.45) is 0 Å². The first-order valence-corrected chi connectivity index (χ1v) is 11.6. The van der Waals surface area contributed by atoms with Gasteiger partial charge in [-0.05, 0) is 36.4 Å². The summed E-state index contributed by atoms with van der Waals surface area (Å²) >= 11 is 0. The summed E-state index contributed by atoms with van der Waals surface area (Å²) in [7, 11) is 1.71. The van der Waals surface area contributed by atoms with Crippen LogP contribution in [0.4, 0.5) is 10.1 Å². The highest BCUT2D eigenvalue weighted by atomic mass is 19.1. The highest BCUT2D eigenvalue weighted by Crippen LogP contribution is 2.28. The van der Waals surface area contributed by atoms with Crippen molar-refractivity contribution in [3.63, 3.8) is 0 Å². The molecule has 0 saturated carbocycles. The summed E-state index contributed by atoms with van der Waals surface area (Å²) in [5.74, 6) is -2.33. The van der Waals surface area contributed by atoms with Crippen molar-refractivity contribution in [3.8, 4) is 11.5 Å². The maximum Gasteiger partial charge on any atom is 0.414 e. The molecule has 1 heterocycles. The molecule has 0 atom stereocenters. The molecule has 1 aliphatic rings. The summed E-state index contributed by atoms with van der Waals surface area (Å²) in [6.45, 7) is 4.68. The molecule has 1 amide bonds. The maximum atomic E-state index is 12.2. The number of carboxylic acid groups (broad SMARTS) is 2. The van der Waals surface area contributed by atoms with Crippen molar-refractivity contribution in [3.05, 3.63) is 66.2 Å². The Morgan fingerprint density at radius 2 is 1.62 bits per heavy atom. The molecule has 2 aromatic carbocycles. The SMILES string of the molecule is COc1ccccc1N1CCN(C/C=C/CNC(=O)c2ccc(OCCF)cc2)CC1.O=C(O)C(=O)O. The number of halogens is 1. The lowest BCUT2D eigenvalue weighted by Gasteiger charge is -2.36. The number of ether oxygens (including phenoxy) is 2. The molecule has 1 aliphatic heterocycles. The highest BCUT2D eigenvalue weighted by molar-refractivity contribution is 6.27. The molecule has 1 fully saturated rings. The fourth-order valence-corrected chi connectivity index (χ4v) is 3.48. The van der Waals surface area contributed by atoms with E-state index in [0.29, 0.717) is 17.9 Å². The molecule has 11 heteroatoms. The Morgan fingerprint density at radius 3 is 2.22 bits per heavy atom. The third-order valence-corrected chi connectivity index (χ3v) is 5.35. The molecule has 0 bridgehead atoms. The van der Waals surface area contributed by atoms with E-state index in [1.54, 1.807) is 31.4 Å². The molecular weight excluding hydrogens is 485 g/mol. The van der Waals surface area contributed by atoms with Gasteiger partial charge < -0.3 is 29.9 Å². The topological polar surface area (TPSA) is 129 Å². The van der Waals surface area contributed by atoms with Crippen molar-refractivity contribution in [2.45, 2.75) is 0 Å². The van der Waals surface area contributed by atoms with Gasteiger partial charge in [-0.3, -0.25) is 9.69 Å². The summed E-state index contributed by atoms with van der Waals surface area (Å²) in [5.41, 5.74) is 1.69. The lowest BCUT2D eigenvalue weighted by atomic mass is 10.2. The monoisotopic (exact) mass is 517 g/mol. The third kappa shape index (κ3) is 10.2. The van der Waals surface area contributed by atoms with E-state index in [2.05, 4.69) is 27.3 Å². The smallest absolute Gasteiger partial charge is 0.414 e. The lowest BCUT2D eigenvalue weighted by molar-refractivity contribution is -0.159. The maximum absolute atomic E-state index is 12.2. The summed E-state index contributed by atoms with van der Waals surface area (Å²) < 4.78 is 22.8. The van der Waals surface area contributed by atoms with Gasteiger partial charge in [0.15, 0.2) is 0 Å². The van der Waals surface area contributed by atoms with E-state index in [4.69, 9.17) is 29.3 Å². The highest BCUT2D eigenvalue weighted by Gasteiger charge is 2.18. The van der Waals surface area contributed by atoms with Crippen LogP contribution in [0.2, 0.25) is 0 Å². The van der Waals surface area contributed by atoms with Gasteiger partial charge in [0.25, 0.3) is 5.91 Å². The number of hydrogen-bond donors (Lipinski definition) is 3. The molecular formula is C26H32FN3O7. The van der Waals surface area contributed by atoms with Crippen molar-refractivity contribution in [1.29, 1.82) is 0 Å². The van der Waals surface area contributed by atoms with Gasteiger partial charge in [0, 0.05) is 44.8 Å². The molecule has 2 aromatic rings. The molecule has 10 nitrogen and oxygen atoms in total.